The molecule has 2 rings (SSSR count). The van der Waals surface area contributed by atoms with Crippen LogP contribution in [0.5, 0.6) is 0 Å². The first-order valence-corrected chi connectivity index (χ1v) is 7.28. The van der Waals surface area contributed by atoms with Gasteiger partial charge in [0.25, 0.3) is 0 Å². The van der Waals surface area contributed by atoms with E-state index in [0.717, 1.165) is 25.9 Å². The monoisotopic (exact) mass is 264 g/mol. The maximum atomic E-state index is 11.8. The summed E-state index contributed by atoms with van der Waals surface area (Å²) in [5.41, 5.74) is 1.17. The number of hydrogen-bond donors (Lipinski definition) is 2. The van der Waals surface area contributed by atoms with Gasteiger partial charge in [-0.2, -0.15) is 5.10 Å². The third kappa shape index (κ3) is 4.35. The molecule has 5 nitrogen and oxygen atoms in total. The second kappa shape index (κ2) is 7.28. The van der Waals surface area contributed by atoms with E-state index in [9.17, 15) is 4.79 Å². The van der Waals surface area contributed by atoms with E-state index in [4.69, 9.17) is 0 Å². The summed E-state index contributed by atoms with van der Waals surface area (Å²) >= 11 is 0. The van der Waals surface area contributed by atoms with Crippen LogP contribution in [0.4, 0.5) is 0 Å². The Morgan fingerprint density at radius 2 is 2.53 bits per heavy atom. The second-order valence-corrected chi connectivity index (χ2v) is 5.19. The molecule has 0 radical (unpaired) electrons. The lowest BCUT2D eigenvalue weighted by Gasteiger charge is -2.22. The van der Waals surface area contributed by atoms with Crippen molar-refractivity contribution < 1.29 is 4.79 Å². The fourth-order valence-electron chi connectivity index (χ4n) is 2.73. The molecule has 1 saturated heterocycles. The highest BCUT2D eigenvalue weighted by Gasteiger charge is 2.22. The Morgan fingerprint density at radius 1 is 1.63 bits per heavy atom. The van der Waals surface area contributed by atoms with Gasteiger partial charge in [-0.3, -0.25) is 14.8 Å². The van der Waals surface area contributed by atoms with Gasteiger partial charge in [0.2, 0.25) is 5.91 Å². The molecule has 106 valence electrons. The smallest absolute Gasteiger partial charge is 0.220 e. The Hall–Kier alpha value is -1.36. The number of aromatic amines is 1. The maximum Gasteiger partial charge on any atom is 0.220 e. The number of likely N-dealkylation sites (tertiary alicyclic amines) is 1. The van der Waals surface area contributed by atoms with Gasteiger partial charge in [-0.15, -0.1) is 0 Å². The van der Waals surface area contributed by atoms with Crippen molar-refractivity contribution in [1.29, 1.82) is 0 Å². The zero-order valence-electron chi connectivity index (χ0n) is 11.7. The number of aryl methyl sites for hydroxylation is 1. The van der Waals surface area contributed by atoms with Gasteiger partial charge in [-0.05, 0) is 44.3 Å². The summed E-state index contributed by atoms with van der Waals surface area (Å²) in [5, 5.41) is 9.75. The molecule has 1 unspecified atom stereocenters. The first-order valence-electron chi connectivity index (χ1n) is 7.28. The highest BCUT2D eigenvalue weighted by atomic mass is 16.1. The Balaban J connectivity index is 1.59. The Morgan fingerprint density at radius 3 is 3.26 bits per heavy atom. The molecule has 1 aromatic heterocycles. The van der Waals surface area contributed by atoms with Gasteiger partial charge in [0.1, 0.15) is 0 Å². The van der Waals surface area contributed by atoms with Crippen LogP contribution in [0.25, 0.3) is 0 Å². The Labute approximate surface area is 114 Å². The quantitative estimate of drug-likeness (QED) is 0.781. The number of carbonyl (C=O) groups excluding carboxylic acids is 1. The van der Waals surface area contributed by atoms with Crippen molar-refractivity contribution in [2.24, 2.45) is 0 Å². The lowest BCUT2D eigenvalue weighted by atomic mass is 10.1. The average Bonchev–Trinajstić information content (AvgIpc) is 3.07. The Kier molecular flexibility index (Phi) is 5.39. The van der Waals surface area contributed by atoms with Crippen molar-refractivity contribution in [3.8, 4) is 0 Å². The molecule has 0 aromatic carbocycles. The van der Waals surface area contributed by atoms with E-state index in [1.807, 2.05) is 12.4 Å². The molecular weight excluding hydrogens is 240 g/mol. The first-order chi connectivity index (χ1) is 9.29. The number of rotatable bonds is 7. The highest BCUT2D eigenvalue weighted by Crippen LogP contribution is 2.15. The minimum atomic E-state index is 0.173. The number of carbonyl (C=O) groups is 1. The summed E-state index contributed by atoms with van der Waals surface area (Å²) in [7, 11) is 0. The SMILES string of the molecule is CCN1CCCC1CNC(=O)CCCc1cn[nH]c1. The van der Waals surface area contributed by atoms with Gasteiger partial charge >= 0.3 is 0 Å². The molecule has 0 bridgehead atoms. The Bertz CT molecular complexity index is 377. The van der Waals surface area contributed by atoms with E-state index in [2.05, 4.69) is 27.3 Å². The summed E-state index contributed by atoms with van der Waals surface area (Å²) in [6.45, 7) is 5.25. The predicted octanol–water partition coefficient (Wildman–Crippen LogP) is 1.33. The van der Waals surface area contributed by atoms with Crippen LogP contribution in [0.2, 0.25) is 0 Å². The molecule has 0 aliphatic carbocycles. The largest absolute Gasteiger partial charge is 0.355 e. The minimum Gasteiger partial charge on any atom is -0.355 e. The van der Waals surface area contributed by atoms with E-state index in [-0.39, 0.29) is 5.91 Å². The van der Waals surface area contributed by atoms with Crippen LogP contribution in [-0.2, 0) is 11.2 Å². The molecule has 0 spiro atoms. The van der Waals surface area contributed by atoms with Crippen molar-refractivity contribution in [2.45, 2.75) is 45.1 Å². The lowest BCUT2D eigenvalue weighted by Crippen LogP contribution is -2.39. The molecule has 0 saturated carbocycles. The standard InChI is InChI=1S/C14H24N4O/c1-2-18-8-4-6-13(18)11-15-14(19)7-3-5-12-9-16-17-10-12/h9-10,13H,2-8,11H2,1H3,(H,15,19)(H,16,17). The van der Waals surface area contributed by atoms with E-state index in [1.165, 1.54) is 24.9 Å². The number of nitrogens with zero attached hydrogens (tertiary/aromatic N) is 2. The number of hydrogen-bond acceptors (Lipinski definition) is 3. The summed E-state index contributed by atoms with van der Waals surface area (Å²) in [5.74, 6) is 0.173. The van der Waals surface area contributed by atoms with E-state index >= 15 is 0 Å². The topological polar surface area (TPSA) is 61.0 Å². The molecule has 2 N–H and O–H groups in total. The fourth-order valence-corrected chi connectivity index (χ4v) is 2.73. The van der Waals surface area contributed by atoms with Crippen molar-refractivity contribution in [1.82, 2.24) is 20.4 Å². The fraction of sp³-hybridized carbons (Fsp3) is 0.714. The lowest BCUT2D eigenvalue weighted by molar-refractivity contribution is -0.121. The number of amides is 1. The predicted molar refractivity (Wildman–Crippen MR) is 74.8 cm³/mol. The first kappa shape index (κ1) is 14.1. The molecule has 1 aromatic rings. The summed E-state index contributed by atoms with van der Waals surface area (Å²) in [4.78, 5) is 14.2. The van der Waals surface area contributed by atoms with Crippen molar-refractivity contribution in [3.63, 3.8) is 0 Å². The van der Waals surface area contributed by atoms with Crippen LogP contribution in [0.3, 0.4) is 0 Å². The molecule has 2 heterocycles. The van der Waals surface area contributed by atoms with Crippen LogP contribution in [0.1, 0.15) is 38.2 Å². The number of aromatic nitrogens is 2. The molecular formula is C14H24N4O. The summed E-state index contributed by atoms with van der Waals surface area (Å²) in [6, 6.07) is 0.544. The third-order valence-electron chi connectivity index (χ3n) is 3.86. The average molecular weight is 264 g/mol. The molecule has 1 amide bonds. The van der Waals surface area contributed by atoms with Gasteiger partial charge in [0, 0.05) is 25.2 Å². The van der Waals surface area contributed by atoms with Gasteiger partial charge in [0.15, 0.2) is 0 Å². The highest BCUT2D eigenvalue weighted by molar-refractivity contribution is 5.75. The van der Waals surface area contributed by atoms with E-state index in [0.29, 0.717) is 12.5 Å². The minimum absolute atomic E-state index is 0.173. The molecule has 1 fully saturated rings. The van der Waals surface area contributed by atoms with Crippen molar-refractivity contribution in [3.05, 3.63) is 18.0 Å². The normalized spacial score (nSPS) is 19.7. The van der Waals surface area contributed by atoms with Crippen LogP contribution in [-0.4, -0.2) is 46.7 Å². The molecule has 19 heavy (non-hydrogen) atoms. The van der Waals surface area contributed by atoms with Crippen LogP contribution in [0.15, 0.2) is 12.4 Å². The zero-order valence-corrected chi connectivity index (χ0v) is 11.7. The molecule has 5 heteroatoms. The van der Waals surface area contributed by atoms with Gasteiger partial charge in [0.05, 0.1) is 6.20 Å². The van der Waals surface area contributed by atoms with Gasteiger partial charge in [-0.1, -0.05) is 6.92 Å². The summed E-state index contributed by atoms with van der Waals surface area (Å²) in [6.07, 6.45) is 8.56. The summed E-state index contributed by atoms with van der Waals surface area (Å²) < 4.78 is 0. The molecule has 1 aliphatic heterocycles. The van der Waals surface area contributed by atoms with Gasteiger partial charge in [-0.25, -0.2) is 0 Å². The van der Waals surface area contributed by atoms with Gasteiger partial charge < -0.3 is 5.32 Å². The van der Waals surface area contributed by atoms with Crippen molar-refractivity contribution in [2.75, 3.05) is 19.6 Å². The molecule has 1 aliphatic rings. The number of likely N-dealkylation sites (N-methyl/N-ethyl adjacent to an activating group) is 1. The van der Waals surface area contributed by atoms with Crippen LogP contribution >= 0.6 is 0 Å². The van der Waals surface area contributed by atoms with E-state index < -0.39 is 0 Å². The third-order valence-corrected chi connectivity index (χ3v) is 3.86. The number of nitrogens with one attached hydrogen (secondary N) is 2. The number of H-pyrrole nitrogens is 1. The molecule has 1 atom stereocenters. The van der Waals surface area contributed by atoms with Crippen LogP contribution in [0, 0.1) is 0 Å². The van der Waals surface area contributed by atoms with E-state index in [1.54, 1.807) is 0 Å². The zero-order chi connectivity index (χ0) is 13.5. The maximum absolute atomic E-state index is 11.8. The van der Waals surface area contributed by atoms with Crippen molar-refractivity contribution >= 4 is 5.91 Å². The second-order valence-electron chi connectivity index (χ2n) is 5.19. The van der Waals surface area contributed by atoms with Crippen LogP contribution < -0.4 is 5.32 Å².